The van der Waals surface area contributed by atoms with Crippen LogP contribution in [0.5, 0.6) is 0 Å². The van der Waals surface area contributed by atoms with E-state index in [1.807, 2.05) is 6.92 Å². The molecular weight excluding hydrogens is 581 g/mol. The highest BCUT2D eigenvalue weighted by molar-refractivity contribution is 7.92. The lowest BCUT2D eigenvalue weighted by Crippen LogP contribution is -2.52. The van der Waals surface area contributed by atoms with E-state index in [0.29, 0.717) is 18.0 Å². The van der Waals surface area contributed by atoms with E-state index in [4.69, 9.17) is 34.8 Å². The SMILES string of the molecule is CCNC(=O)[C@H](CC)N(Cc1ccc(Cl)cc1)C(=O)CN(c1cc(Cl)ccc1Cl)S(=O)(=O)c1ccc(C)cc1. The van der Waals surface area contributed by atoms with Crippen molar-refractivity contribution in [2.24, 2.45) is 0 Å². The molecule has 1 N–H and O–H groups in total. The van der Waals surface area contributed by atoms with Gasteiger partial charge in [0.05, 0.1) is 15.6 Å². The molecule has 0 aliphatic rings. The van der Waals surface area contributed by atoms with Crippen LogP contribution in [-0.4, -0.2) is 44.3 Å². The molecule has 0 saturated heterocycles. The first-order chi connectivity index (χ1) is 18.5. The maximum absolute atomic E-state index is 14.0. The van der Waals surface area contributed by atoms with E-state index < -0.39 is 28.5 Å². The summed E-state index contributed by atoms with van der Waals surface area (Å²) in [6, 6.07) is 16.7. The predicted octanol–water partition coefficient (Wildman–Crippen LogP) is 6.09. The molecule has 3 rings (SSSR count). The van der Waals surface area contributed by atoms with Gasteiger partial charge in [-0.1, -0.05) is 71.6 Å². The number of carbonyl (C=O) groups is 2. The van der Waals surface area contributed by atoms with Gasteiger partial charge in [-0.2, -0.15) is 0 Å². The van der Waals surface area contributed by atoms with Gasteiger partial charge in [-0.3, -0.25) is 13.9 Å². The van der Waals surface area contributed by atoms with Crippen LogP contribution in [0.15, 0.2) is 71.6 Å². The number of benzene rings is 3. The van der Waals surface area contributed by atoms with Crippen LogP contribution in [0.4, 0.5) is 5.69 Å². The van der Waals surface area contributed by atoms with Crippen molar-refractivity contribution in [3.63, 3.8) is 0 Å². The third-order valence-electron chi connectivity index (χ3n) is 6.07. The van der Waals surface area contributed by atoms with E-state index in [1.54, 1.807) is 50.2 Å². The van der Waals surface area contributed by atoms with Crippen molar-refractivity contribution in [3.05, 3.63) is 92.9 Å². The maximum Gasteiger partial charge on any atom is 0.264 e. The Hall–Kier alpha value is -2.78. The minimum Gasteiger partial charge on any atom is -0.355 e. The second-order valence-electron chi connectivity index (χ2n) is 8.89. The standard InChI is InChI=1S/C28H30Cl3N3O4S/c1-4-25(28(36)32-5-2)33(17-20-8-10-21(29)11-9-20)27(35)18-34(26-16-22(30)12-15-24(26)31)39(37,38)23-13-6-19(3)7-14-23/h6-16,25H,4-5,17-18H2,1-3H3,(H,32,36)/t25-/m0/s1. The molecule has 0 bridgehead atoms. The Bertz CT molecular complexity index is 1410. The highest BCUT2D eigenvalue weighted by Gasteiger charge is 2.34. The van der Waals surface area contributed by atoms with Crippen molar-refractivity contribution in [1.82, 2.24) is 10.2 Å². The second kappa shape index (κ2) is 13.5. The van der Waals surface area contributed by atoms with E-state index >= 15 is 0 Å². The second-order valence-corrected chi connectivity index (χ2v) is 12.0. The summed E-state index contributed by atoms with van der Waals surface area (Å²) in [5, 5.41) is 3.64. The smallest absolute Gasteiger partial charge is 0.264 e. The molecule has 7 nitrogen and oxygen atoms in total. The number of amides is 2. The van der Waals surface area contributed by atoms with Crippen LogP contribution in [-0.2, 0) is 26.2 Å². The van der Waals surface area contributed by atoms with Crippen molar-refractivity contribution in [1.29, 1.82) is 0 Å². The van der Waals surface area contributed by atoms with E-state index in [9.17, 15) is 18.0 Å². The zero-order valence-corrected chi connectivity index (χ0v) is 24.9. The number of anilines is 1. The van der Waals surface area contributed by atoms with Gasteiger partial charge in [0, 0.05) is 23.1 Å². The fourth-order valence-electron chi connectivity index (χ4n) is 4.03. The highest BCUT2D eigenvalue weighted by Crippen LogP contribution is 2.33. The molecule has 0 unspecified atom stereocenters. The Balaban J connectivity index is 2.10. The summed E-state index contributed by atoms with van der Waals surface area (Å²) in [4.78, 5) is 28.3. The van der Waals surface area contributed by atoms with E-state index in [0.717, 1.165) is 15.4 Å². The van der Waals surface area contributed by atoms with Crippen LogP contribution in [0, 0.1) is 6.92 Å². The van der Waals surface area contributed by atoms with Crippen LogP contribution < -0.4 is 9.62 Å². The average molecular weight is 611 g/mol. The lowest BCUT2D eigenvalue weighted by atomic mass is 10.1. The molecule has 0 spiro atoms. The van der Waals surface area contributed by atoms with Crippen molar-refractivity contribution >= 4 is 62.3 Å². The fraction of sp³-hybridized carbons (Fsp3) is 0.286. The number of nitrogens with zero attached hydrogens (tertiary/aromatic N) is 2. The minimum absolute atomic E-state index is 0.0167. The fourth-order valence-corrected chi connectivity index (χ4v) is 6.01. The number of rotatable bonds is 11. The van der Waals surface area contributed by atoms with Gasteiger partial charge in [-0.15, -0.1) is 0 Å². The van der Waals surface area contributed by atoms with E-state index in [-0.39, 0.29) is 33.1 Å². The predicted molar refractivity (Wildman–Crippen MR) is 157 cm³/mol. The quantitative estimate of drug-likeness (QED) is 0.285. The van der Waals surface area contributed by atoms with Gasteiger partial charge in [0.15, 0.2) is 0 Å². The number of carbonyl (C=O) groups excluding carboxylic acids is 2. The first-order valence-corrected chi connectivity index (χ1v) is 14.9. The molecule has 2 amide bonds. The molecule has 0 aromatic heterocycles. The molecule has 11 heteroatoms. The van der Waals surface area contributed by atoms with Crippen LogP contribution in [0.2, 0.25) is 15.1 Å². The number of likely N-dealkylation sites (N-methyl/N-ethyl adjacent to an activating group) is 1. The van der Waals surface area contributed by atoms with Crippen molar-refractivity contribution in [2.45, 2.75) is 44.7 Å². The van der Waals surface area contributed by atoms with E-state index in [1.165, 1.54) is 35.2 Å². The summed E-state index contributed by atoms with van der Waals surface area (Å²) >= 11 is 18.7. The molecule has 208 valence electrons. The lowest BCUT2D eigenvalue weighted by Gasteiger charge is -2.33. The third kappa shape index (κ3) is 7.66. The summed E-state index contributed by atoms with van der Waals surface area (Å²) in [6.45, 7) is 5.24. The first-order valence-electron chi connectivity index (χ1n) is 12.3. The van der Waals surface area contributed by atoms with Gasteiger partial charge >= 0.3 is 0 Å². The molecule has 0 radical (unpaired) electrons. The molecule has 1 atom stereocenters. The van der Waals surface area contributed by atoms with Crippen LogP contribution in [0.3, 0.4) is 0 Å². The minimum atomic E-state index is -4.26. The van der Waals surface area contributed by atoms with Crippen LogP contribution in [0.1, 0.15) is 31.4 Å². The van der Waals surface area contributed by atoms with Gasteiger partial charge < -0.3 is 10.2 Å². The molecule has 3 aromatic rings. The zero-order chi connectivity index (χ0) is 28.7. The highest BCUT2D eigenvalue weighted by atomic mass is 35.5. The van der Waals surface area contributed by atoms with Gasteiger partial charge in [0.2, 0.25) is 11.8 Å². The summed E-state index contributed by atoms with van der Waals surface area (Å²) in [6.07, 6.45) is 0.313. The molecule has 0 aliphatic carbocycles. The molecule has 0 fully saturated rings. The Morgan fingerprint density at radius 2 is 1.51 bits per heavy atom. The molecule has 0 saturated carbocycles. The Labute approximate surface area is 244 Å². The van der Waals surface area contributed by atoms with E-state index in [2.05, 4.69) is 5.32 Å². The van der Waals surface area contributed by atoms with Crippen LogP contribution in [0.25, 0.3) is 0 Å². The molecule has 0 heterocycles. The first kappa shape index (κ1) is 30.8. The summed E-state index contributed by atoms with van der Waals surface area (Å²) in [5.41, 5.74) is 1.65. The summed E-state index contributed by atoms with van der Waals surface area (Å²) in [7, 11) is -4.26. The maximum atomic E-state index is 14.0. The largest absolute Gasteiger partial charge is 0.355 e. The van der Waals surface area contributed by atoms with Gasteiger partial charge in [-0.25, -0.2) is 8.42 Å². The van der Waals surface area contributed by atoms with Crippen LogP contribution >= 0.6 is 34.8 Å². The van der Waals surface area contributed by atoms with Gasteiger partial charge in [-0.05, 0) is 68.3 Å². The zero-order valence-electron chi connectivity index (χ0n) is 21.8. The monoisotopic (exact) mass is 609 g/mol. The van der Waals surface area contributed by atoms with Gasteiger partial charge in [0.1, 0.15) is 12.6 Å². The number of halogens is 3. The molecule has 0 aliphatic heterocycles. The van der Waals surface area contributed by atoms with Crippen molar-refractivity contribution in [3.8, 4) is 0 Å². The number of sulfonamides is 1. The average Bonchev–Trinajstić information content (AvgIpc) is 2.90. The Kier molecular flexibility index (Phi) is 10.7. The Morgan fingerprint density at radius 1 is 0.897 bits per heavy atom. The summed E-state index contributed by atoms with van der Waals surface area (Å²) < 4.78 is 28.7. The Morgan fingerprint density at radius 3 is 2.10 bits per heavy atom. The molecule has 3 aromatic carbocycles. The summed E-state index contributed by atoms with van der Waals surface area (Å²) in [5.74, 6) is -0.925. The topological polar surface area (TPSA) is 86.8 Å². The van der Waals surface area contributed by atoms with Crippen molar-refractivity contribution < 1.29 is 18.0 Å². The molecular formula is C28H30Cl3N3O4S. The van der Waals surface area contributed by atoms with Crippen molar-refractivity contribution in [2.75, 3.05) is 17.4 Å². The lowest BCUT2D eigenvalue weighted by molar-refractivity contribution is -0.140. The third-order valence-corrected chi connectivity index (χ3v) is 8.65. The number of aryl methyl sites for hydroxylation is 1. The molecule has 39 heavy (non-hydrogen) atoms. The number of nitrogens with one attached hydrogen (secondary N) is 1. The number of hydrogen-bond donors (Lipinski definition) is 1. The number of hydrogen-bond acceptors (Lipinski definition) is 4. The van der Waals surface area contributed by atoms with Gasteiger partial charge in [0.25, 0.3) is 10.0 Å². The normalized spacial score (nSPS) is 12.1.